The Balaban J connectivity index is 1.65. The predicted molar refractivity (Wildman–Crippen MR) is 134 cm³/mol. The lowest BCUT2D eigenvalue weighted by molar-refractivity contribution is 0.0918. The van der Waals surface area contributed by atoms with Crippen molar-refractivity contribution in [2.45, 2.75) is 32.2 Å². The molecule has 3 heterocycles. The lowest BCUT2D eigenvalue weighted by Crippen LogP contribution is -2.39. The summed E-state index contributed by atoms with van der Waals surface area (Å²) in [5.41, 5.74) is 12.3. The van der Waals surface area contributed by atoms with Crippen molar-refractivity contribution in [2.75, 3.05) is 24.3 Å². The van der Waals surface area contributed by atoms with E-state index in [1.165, 1.54) is 22.9 Å². The van der Waals surface area contributed by atoms with Crippen molar-refractivity contribution in [1.29, 1.82) is 0 Å². The fraction of sp³-hybridized carbons (Fsp3) is 0.304. The lowest BCUT2D eigenvalue weighted by atomic mass is 9.93. The fourth-order valence-corrected chi connectivity index (χ4v) is 3.57. The molecule has 0 unspecified atom stereocenters. The van der Waals surface area contributed by atoms with E-state index in [0.29, 0.717) is 29.5 Å². The van der Waals surface area contributed by atoms with Crippen LogP contribution in [0.5, 0.6) is 0 Å². The molecule has 0 spiro atoms. The van der Waals surface area contributed by atoms with Gasteiger partial charge in [-0.1, -0.05) is 0 Å². The summed E-state index contributed by atoms with van der Waals surface area (Å²) in [5, 5.41) is 13.4. The Morgan fingerprint density at radius 2 is 2.11 bits per heavy atom. The highest BCUT2D eigenvalue weighted by Crippen LogP contribution is 2.22. The van der Waals surface area contributed by atoms with Crippen LogP contribution in [0.1, 0.15) is 36.5 Å². The average molecular weight is 480 g/mol. The standard InChI is InChI=1S/C23H29N9O3/c1-3-35-18(25)10-9-17(24)31-11-5-8-16(23(31)34)29-19-12-20(26-2)32-21(30-19)15(13-27-32)22(33)28-14-6-4-7-14/h5,8-14,26H,3-4,6-7,24-25H2,1-2H3,(H,28,33)(H,29,30)/b17-9+,18-10+. The van der Waals surface area contributed by atoms with Gasteiger partial charge < -0.3 is 32.2 Å². The lowest BCUT2D eigenvalue weighted by Gasteiger charge is -2.26. The van der Waals surface area contributed by atoms with Gasteiger partial charge in [-0.15, -0.1) is 0 Å². The van der Waals surface area contributed by atoms with Gasteiger partial charge in [0.1, 0.15) is 28.7 Å². The van der Waals surface area contributed by atoms with Crippen molar-refractivity contribution >= 4 is 34.7 Å². The van der Waals surface area contributed by atoms with Gasteiger partial charge in [-0.25, -0.2) is 4.98 Å². The maximum atomic E-state index is 13.1. The third-order valence-electron chi connectivity index (χ3n) is 5.63. The molecule has 1 saturated carbocycles. The zero-order valence-electron chi connectivity index (χ0n) is 19.6. The molecule has 35 heavy (non-hydrogen) atoms. The van der Waals surface area contributed by atoms with E-state index in [2.05, 4.69) is 26.0 Å². The average Bonchev–Trinajstić information content (AvgIpc) is 3.25. The summed E-state index contributed by atoms with van der Waals surface area (Å²) in [7, 11) is 1.73. The molecule has 3 aromatic heterocycles. The monoisotopic (exact) mass is 479 g/mol. The SMILES string of the molecule is CCO/C(N)=C/C=C(\N)n1cccc(Nc2cc(NC)n3ncc(C(=O)NC4CCC4)c3n2)c1=O. The van der Waals surface area contributed by atoms with Crippen LogP contribution in [0, 0.1) is 0 Å². The minimum atomic E-state index is -0.395. The molecule has 1 aliphatic carbocycles. The van der Waals surface area contributed by atoms with Gasteiger partial charge in [-0.05, 0) is 44.4 Å². The maximum Gasteiger partial charge on any atom is 0.279 e. The van der Waals surface area contributed by atoms with E-state index in [9.17, 15) is 9.59 Å². The van der Waals surface area contributed by atoms with Crippen molar-refractivity contribution < 1.29 is 9.53 Å². The summed E-state index contributed by atoms with van der Waals surface area (Å²) in [6.07, 6.45) is 9.05. The number of nitrogens with two attached hydrogens (primary N) is 2. The second-order valence-corrected chi connectivity index (χ2v) is 7.99. The number of aromatic nitrogens is 4. The largest absolute Gasteiger partial charge is 0.480 e. The minimum Gasteiger partial charge on any atom is -0.480 e. The van der Waals surface area contributed by atoms with Crippen LogP contribution in [0.2, 0.25) is 0 Å². The molecule has 12 nitrogen and oxygen atoms in total. The van der Waals surface area contributed by atoms with Crippen LogP contribution >= 0.6 is 0 Å². The van der Waals surface area contributed by atoms with Crippen molar-refractivity contribution in [1.82, 2.24) is 24.5 Å². The molecule has 1 amide bonds. The van der Waals surface area contributed by atoms with Crippen molar-refractivity contribution in [2.24, 2.45) is 11.5 Å². The molecular weight excluding hydrogens is 450 g/mol. The Kier molecular flexibility index (Phi) is 6.90. The first kappa shape index (κ1) is 23.7. The quantitative estimate of drug-likeness (QED) is 0.226. The Bertz CT molecular complexity index is 1350. The molecule has 184 valence electrons. The van der Waals surface area contributed by atoms with E-state index in [1.807, 2.05) is 6.92 Å². The van der Waals surface area contributed by atoms with Crippen molar-refractivity contribution in [3.8, 4) is 0 Å². The van der Waals surface area contributed by atoms with Gasteiger partial charge >= 0.3 is 0 Å². The molecule has 1 fully saturated rings. The fourth-order valence-electron chi connectivity index (χ4n) is 3.57. The van der Waals surface area contributed by atoms with Crippen LogP contribution < -0.4 is 33.0 Å². The highest BCUT2D eigenvalue weighted by atomic mass is 16.5. The second-order valence-electron chi connectivity index (χ2n) is 7.99. The first-order chi connectivity index (χ1) is 16.9. The molecule has 0 aliphatic heterocycles. The van der Waals surface area contributed by atoms with E-state index < -0.39 is 5.56 Å². The highest BCUT2D eigenvalue weighted by molar-refractivity contribution is 6.00. The molecule has 3 aromatic rings. The number of carbonyl (C=O) groups excluding carboxylic acids is 1. The Hall–Kier alpha value is -4.48. The van der Waals surface area contributed by atoms with Crippen LogP contribution in [0.25, 0.3) is 11.5 Å². The smallest absolute Gasteiger partial charge is 0.279 e. The Morgan fingerprint density at radius 1 is 1.31 bits per heavy atom. The maximum absolute atomic E-state index is 13.1. The summed E-state index contributed by atoms with van der Waals surface area (Å²) in [6, 6.07) is 5.16. The van der Waals surface area contributed by atoms with Gasteiger partial charge in [0.2, 0.25) is 0 Å². The minimum absolute atomic E-state index is 0.159. The molecule has 0 aromatic carbocycles. The number of carbonyl (C=O) groups is 1. The van der Waals surface area contributed by atoms with Crippen LogP contribution in [0.4, 0.5) is 17.3 Å². The van der Waals surface area contributed by atoms with Gasteiger partial charge in [0.25, 0.3) is 11.5 Å². The molecule has 7 N–H and O–H groups in total. The van der Waals surface area contributed by atoms with Crippen LogP contribution in [0.15, 0.2) is 53.4 Å². The molecule has 12 heteroatoms. The van der Waals surface area contributed by atoms with Crippen molar-refractivity contribution in [3.63, 3.8) is 0 Å². The van der Waals surface area contributed by atoms with E-state index in [-0.39, 0.29) is 29.3 Å². The number of ether oxygens (including phenoxy) is 1. The summed E-state index contributed by atoms with van der Waals surface area (Å²) in [6.45, 7) is 2.23. The molecule has 4 rings (SSSR count). The highest BCUT2D eigenvalue weighted by Gasteiger charge is 2.23. The topological polar surface area (TPSA) is 167 Å². The predicted octanol–water partition coefficient (Wildman–Crippen LogP) is 1.55. The Morgan fingerprint density at radius 3 is 2.80 bits per heavy atom. The molecular formula is C23H29N9O3. The number of fused-ring (bicyclic) bond motifs is 1. The molecule has 0 atom stereocenters. The number of nitrogens with zero attached hydrogens (tertiary/aromatic N) is 4. The zero-order chi connectivity index (χ0) is 24.9. The number of nitrogens with one attached hydrogen (secondary N) is 3. The van der Waals surface area contributed by atoms with Gasteiger partial charge in [0.15, 0.2) is 11.5 Å². The molecule has 0 bridgehead atoms. The molecule has 0 saturated heterocycles. The number of hydrogen-bond acceptors (Lipinski definition) is 9. The first-order valence-electron chi connectivity index (χ1n) is 11.3. The summed E-state index contributed by atoms with van der Waals surface area (Å²) >= 11 is 0. The van der Waals surface area contributed by atoms with Gasteiger partial charge in [-0.2, -0.15) is 9.61 Å². The van der Waals surface area contributed by atoms with E-state index >= 15 is 0 Å². The molecule has 0 radical (unpaired) electrons. The third kappa shape index (κ3) is 5.05. The van der Waals surface area contributed by atoms with Gasteiger partial charge in [-0.3, -0.25) is 14.2 Å². The van der Waals surface area contributed by atoms with E-state index in [4.69, 9.17) is 16.2 Å². The van der Waals surface area contributed by atoms with E-state index in [1.54, 1.807) is 36.0 Å². The van der Waals surface area contributed by atoms with E-state index in [0.717, 1.165) is 19.3 Å². The summed E-state index contributed by atoms with van der Waals surface area (Å²) in [4.78, 5) is 30.4. The zero-order valence-corrected chi connectivity index (χ0v) is 19.6. The number of anilines is 3. The second kappa shape index (κ2) is 10.2. The van der Waals surface area contributed by atoms with Crippen LogP contribution in [0.3, 0.4) is 0 Å². The van der Waals surface area contributed by atoms with Crippen LogP contribution in [-0.4, -0.2) is 44.8 Å². The first-order valence-corrected chi connectivity index (χ1v) is 11.3. The number of allylic oxidation sites excluding steroid dienone is 2. The number of pyridine rings is 1. The Labute approximate surface area is 201 Å². The van der Waals surface area contributed by atoms with Gasteiger partial charge in [0.05, 0.1) is 12.8 Å². The number of amides is 1. The third-order valence-corrected chi connectivity index (χ3v) is 5.63. The molecule has 1 aliphatic rings. The van der Waals surface area contributed by atoms with Crippen LogP contribution in [-0.2, 0) is 4.74 Å². The normalized spacial score (nSPS) is 14.5. The summed E-state index contributed by atoms with van der Waals surface area (Å²) in [5.74, 6) is 1.07. The van der Waals surface area contributed by atoms with Crippen molar-refractivity contribution in [3.05, 3.63) is 64.5 Å². The number of rotatable bonds is 9. The van der Waals surface area contributed by atoms with Gasteiger partial charge in [0, 0.05) is 31.4 Å². The summed E-state index contributed by atoms with van der Waals surface area (Å²) < 4.78 is 7.97. The number of hydrogen-bond donors (Lipinski definition) is 5.